The monoisotopic (exact) mass is 439 g/mol. The third kappa shape index (κ3) is 4.11. The van der Waals surface area contributed by atoms with E-state index in [1.54, 1.807) is 31.3 Å². The quantitative estimate of drug-likeness (QED) is 0.503. The van der Waals surface area contributed by atoms with Crippen molar-refractivity contribution in [3.05, 3.63) is 97.4 Å². The van der Waals surface area contributed by atoms with Gasteiger partial charge in [-0.25, -0.2) is 13.8 Å². The van der Waals surface area contributed by atoms with E-state index in [4.69, 9.17) is 0 Å². The number of amides is 1. The second kappa shape index (κ2) is 8.39. The first-order valence-electron chi connectivity index (χ1n) is 9.60. The first-order chi connectivity index (χ1) is 14.8. The molecule has 0 radical (unpaired) electrons. The molecule has 158 valence electrons. The fourth-order valence-corrected chi connectivity index (χ4v) is 4.35. The highest BCUT2D eigenvalue weighted by atomic mass is 32.1. The van der Waals surface area contributed by atoms with Gasteiger partial charge in [0.15, 0.2) is 0 Å². The Morgan fingerprint density at radius 2 is 1.94 bits per heavy atom. The van der Waals surface area contributed by atoms with Gasteiger partial charge >= 0.3 is 0 Å². The predicted octanol–water partition coefficient (Wildman–Crippen LogP) is 4.33. The molecular formula is C23H19F2N3O2S. The van der Waals surface area contributed by atoms with Crippen LogP contribution < -0.4 is 10.9 Å². The largest absolute Gasteiger partial charge is 0.348 e. The van der Waals surface area contributed by atoms with E-state index in [1.807, 2.05) is 6.92 Å². The zero-order chi connectivity index (χ0) is 22.1. The summed E-state index contributed by atoms with van der Waals surface area (Å²) in [6.45, 7) is 3.79. The predicted molar refractivity (Wildman–Crippen MR) is 116 cm³/mol. The van der Waals surface area contributed by atoms with E-state index in [0.717, 1.165) is 4.88 Å². The highest BCUT2D eigenvalue weighted by molar-refractivity contribution is 7.11. The molecule has 0 aliphatic heterocycles. The number of fused-ring (bicyclic) bond motifs is 1. The summed E-state index contributed by atoms with van der Waals surface area (Å²) in [6, 6.07) is 10.1. The number of aryl methyl sites for hydroxylation is 1. The van der Waals surface area contributed by atoms with Crippen molar-refractivity contribution in [1.82, 2.24) is 14.9 Å². The second-order valence-corrected chi connectivity index (χ2v) is 8.51. The lowest BCUT2D eigenvalue weighted by atomic mass is 10.0. The highest BCUT2D eigenvalue weighted by Crippen LogP contribution is 2.23. The maximum atomic E-state index is 14.6. The summed E-state index contributed by atoms with van der Waals surface area (Å²) >= 11 is 1.43. The zero-order valence-electron chi connectivity index (χ0n) is 16.9. The number of thiazole rings is 1. The molecule has 0 atom stereocenters. The molecule has 4 aromatic rings. The molecule has 0 aliphatic carbocycles. The third-order valence-corrected chi connectivity index (χ3v) is 5.94. The minimum atomic E-state index is -0.689. The van der Waals surface area contributed by atoms with Crippen LogP contribution in [-0.4, -0.2) is 15.5 Å². The molecule has 1 amide bonds. The minimum absolute atomic E-state index is 0.0949. The number of halogens is 2. The van der Waals surface area contributed by atoms with Gasteiger partial charge in [0.25, 0.3) is 11.5 Å². The molecule has 0 bridgehead atoms. The average Bonchev–Trinajstić information content (AvgIpc) is 3.14. The van der Waals surface area contributed by atoms with E-state index in [1.165, 1.54) is 40.2 Å². The van der Waals surface area contributed by atoms with Crippen molar-refractivity contribution in [2.75, 3.05) is 0 Å². The van der Waals surface area contributed by atoms with Crippen molar-refractivity contribution in [3.8, 4) is 0 Å². The molecule has 1 N–H and O–H groups in total. The lowest BCUT2D eigenvalue weighted by Gasteiger charge is -2.17. The summed E-state index contributed by atoms with van der Waals surface area (Å²) in [6.07, 6.45) is 1.70. The van der Waals surface area contributed by atoms with Gasteiger partial charge in [-0.3, -0.25) is 9.59 Å². The number of benzene rings is 2. The maximum Gasteiger partial charge on any atom is 0.262 e. The Balaban J connectivity index is 1.80. The van der Waals surface area contributed by atoms with Gasteiger partial charge in [0, 0.05) is 28.7 Å². The van der Waals surface area contributed by atoms with E-state index in [2.05, 4.69) is 10.3 Å². The number of nitrogens with zero attached hydrogens (tertiary/aromatic N) is 2. The molecular weight excluding hydrogens is 420 g/mol. The van der Waals surface area contributed by atoms with Crippen LogP contribution in [0.15, 0.2) is 53.5 Å². The van der Waals surface area contributed by atoms with Crippen LogP contribution in [0.1, 0.15) is 31.5 Å². The van der Waals surface area contributed by atoms with Gasteiger partial charge in [-0.2, -0.15) is 0 Å². The minimum Gasteiger partial charge on any atom is -0.348 e. The van der Waals surface area contributed by atoms with E-state index < -0.39 is 23.1 Å². The van der Waals surface area contributed by atoms with E-state index in [9.17, 15) is 18.4 Å². The standard InChI is InChI=1S/C23H19F2N3O2S/c1-13-10-26-19(31-13)12-28-14(2)20(17-7-4-8-18(25)21(17)23(28)30)22(29)27-11-15-5-3-6-16(24)9-15/h3-10H,11-12H2,1-2H3,(H,27,29). The summed E-state index contributed by atoms with van der Waals surface area (Å²) in [5.74, 6) is -1.56. The van der Waals surface area contributed by atoms with Gasteiger partial charge in [-0.1, -0.05) is 24.3 Å². The molecule has 0 aliphatic rings. The second-order valence-electron chi connectivity index (χ2n) is 7.19. The van der Waals surface area contributed by atoms with Crippen LogP contribution in [0.25, 0.3) is 10.8 Å². The summed E-state index contributed by atoms with van der Waals surface area (Å²) in [5, 5.41) is 3.54. The summed E-state index contributed by atoms with van der Waals surface area (Å²) < 4.78 is 29.5. The number of carbonyl (C=O) groups excluding carboxylic acids is 1. The van der Waals surface area contributed by atoms with E-state index in [0.29, 0.717) is 16.3 Å². The van der Waals surface area contributed by atoms with Crippen LogP contribution in [0, 0.1) is 25.5 Å². The molecule has 0 saturated carbocycles. The SMILES string of the molecule is Cc1cnc(Cn2c(C)c(C(=O)NCc3cccc(F)c3)c3cccc(F)c3c2=O)s1. The first-order valence-corrected chi connectivity index (χ1v) is 10.4. The van der Waals surface area contributed by atoms with Crippen LogP contribution >= 0.6 is 11.3 Å². The number of aromatic nitrogens is 2. The van der Waals surface area contributed by atoms with Crippen molar-refractivity contribution in [2.24, 2.45) is 0 Å². The molecule has 31 heavy (non-hydrogen) atoms. The summed E-state index contributed by atoms with van der Waals surface area (Å²) in [7, 11) is 0. The van der Waals surface area contributed by atoms with Crippen LogP contribution in [0.2, 0.25) is 0 Å². The summed E-state index contributed by atoms with van der Waals surface area (Å²) in [5.41, 5.74) is 0.694. The van der Waals surface area contributed by atoms with Gasteiger partial charge < -0.3 is 9.88 Å². The molecule has 0 unspecified atom stereocenters. The number of hydrogen-bond donors (Lipinski definition) is 1. The average molecular weight is 439 g/mol. The number of pyridine rings is 1. The fraction of sp³-hybridized carbons (Fsp3) is 0.174. The molecule has 0 spiro atoms. The van der Waals surface area contributed by atoms with Crippen molar-refractivity contribution in [3.63, 3.8) is 0 Å². The number of nitrogens with one attached hydrogen (secondary N) is 1. The van der Waals surface area contributed by atoms with Crippen molar-refractivity contribution in [2.45, 2.75) is 26.9 Å². The van der Waals surface area contributed by atoms with Crippen molar-refractivity contribution < 1.29 is 13.6 Å². The van der Waals surface area contributed by atoms with Gasteiger partial charge in [0.2, 0.25) is 0 Å². The molecule has 2 heterocycles. The fourth-order valence-electron chi connectivity index (χ4n) is 3.57. The van der Waals surface area contributed by atoms with Crippen molar-refractivity contribution in [1.29, 1.82) is 0 Å². The van der Waals surface area contributed by atoms with Crippen LogP contribution in [0.5, 0.6) is 0 Å². The highest BCUT2D eigenvalue weighted by Gasteiger charge is 2.22. The molecule has 2 aromatic heterocycles. The Morgan fingerprint density at radius 1 is 1.16 bits per heavy atom. The van der Waals surface area contributed by atoms with Gasteiger partial charge in [-0.15, -0.1) is 11.3 Å². The van der Waals surface area contributed by atoms with Gasteiger partial charge in [0.05, 0.1) is 17.5 Å². The molecule has 8 heteroatoms. The third-order valence-electron chi connectivity index (χ3n) is 5.04. The van der Waals surface area contributed by atoms with Crippen LogP contribution in [-0.2, 0) is 13.1 Å². The molecule has 2 aromatic carbocycles. The van der Waals surface area contributed by atoms with Crippen LogP contribution in [0.4, 0.5) is 8.78 Å². The maximum absolute atomic E-state index is 14.6. The molecule has 4 rings (SSSR count). The Hall–Kier alpha value is -3.39. The zero-order valence-corrected chi connectivity index (χ0v) is 17.7. The van der Waals surface area contributed by atoms with E-state index in [-0.39, 0.29) is 29.4 Å². The van der Waals surface area contributed by atoms with Gasteiger partial charge in [-0.05, 0) is 37.6 Å². The summed E-state index contributed by atoms with van der Waals surface area (Å²) in [4.78, 5) is 31.5. The smallest absolute Gasteiger partial charge is 0.262 e. The molecule has 0 saturated heterocycles. The molecule has 0 fully saturated rings. The molecule has 5 nitrogen and oxygen atoms in total. The first kappa shape index (κ1) is 20.9. The normalized spacial score (nSPS) is 11.1. The number of rotatable bonds is 5. The Bertz CT molecular complexity index is 1360. The Morgan fingerprint density at radius 3 is 2.65 bits per heavy atom. The lowest BCUT2D eigenvalue weighted by Crippen LogP contribution is -2.31. The van der Waals surface area contributed by atoms with E-state index >= 15 is 0 Å². The topological polar surface area (TPSA) is 64.0 Å². The van der Waals surface area contributed by atoms with Crippen molar-refractivity contribution >= 4 is 28.0 Å². The Labute approximate surface area is 181 Å². The number of carbonyl (C=O) groups is 1. The van der Waals surface area contributed by atoms with Gasteiger partial charge in [0.1, 0.15) is 16.6 Å². The lowest BCUT2D eigenvalue weighted by molar-refractivity contribution is 0.0951. The Kier molecular flexibility index (Phi) is 5.65. The number of hydrogen-bond acceptors (Lipinski definition) is 4. The van der Waals surface area contributed by atoms with Crippen LogP contribution in [0.3, 0.4) is 0 Å².